The van der Waals surface area contributed by atoms with Crippen LogP contribution in [0.2, 0.25) is 0 Å². The average Bonchev–Trinajstić information content (AvgIpc) is 3.75. The van der Waals surface area contributed by atoms with Gasteiger partial charge in [-0.25, -0.2) is 0 Å². The molecular formula is C60H51N. The van der Waals surface area contributed by atoms with Gasteiger partial charge in [0.05, 0.1) is 11.0 Å². The zero-order chi connectivity index (χ0) is 41.9. The van der Waals surface area contributed by atoms with Gasteiger partial charge in [0.1, 0.15) is 0 Å². The normalized spacial score (nSPS) is 12.1. The number of rotatable bonds is 4. The van der Waals surface area contributed by atoms with Gasteiger partial charge in [-0.2, -0.15) is 0 Å². The molecule has 0 bridgehead atoms. The van der Waals surface area contributed by atoms with Crippen LogP contribution in [0.3, 0.4) is 0 Å². The quantitative estimate of drug-likeness (QED) is 0.167. The molecule has 296 valence electrons. The Bertz CT molecular complexity index is 3090. The molecule has 0 amide bonds. The molecule has 1 aromatic heterocycles. The Labute approximate surface area is 361 Å². The molecule has 0 unspecified atom stereocenters. The monoisotopic (exact) mass is 785 g/mol. The van der Waals surface area contributed by atoms with Crippen molar-refractivity contribution in [1.82, 2.24) is 4.57 Å². The first-order valence-electron chi connectivity index (χ1n) is 21.3. The lowest BCUT2D eigenvalue weighted by atomic mass is 9.81. The minimum atomic E-state index is 0.00698. The largest absolute Gasteiger partial charge is 0.309 e. The van der Waals surface area contributed by atoms with Crippen LogP contribution in [-0.4, -0.2) is 4.57 Å². The van der Waals surface area contributed by atoms with Crippen molar-refractivity contribution in [2.75, 3.05) is 0 Å². The van der Waals surface area contributed by atoms with E-state index >= 15 is 0 Å². The van der Waals surface area contributed by atoms with Crippen molar-refractivity contribution in [3.05, 3.63) is 246 Å². The Balaban J connectivity index is 0.000000195. The van der Waals surface area contributed by atoms with E-state index in [-0.39, 0.29) is 5.41 Å². The number of hydrogen-bond acceptors (Lipinski definition) is 0. The Morgan fingerprint density at radius 3 is 1.49 bits per heavy atom. The van der Waals surface area contributed by atoms with E-state index in [4.69, 9.17) is 0 Å². The first-order chi connectivity index (χ1) is 29.7. The minimum absolute atomic E-state index is 0.00698. The van der Waals surface area contributed by atoms with Gasteiger partial charge >= 0.3 is 0 Å². The van der Waals surface area contributed by atoms with Crippen molar-refractivity contribution < 1.29 is 0 Å². The molecule has 0 N–H and O–H groups in total. The second kappa shape index (κ2) is 16.8. The summed E-state index contributed by atoms with van der Waals surface area (Å²) in [6.45, 7) is 11.0. The summed E-state index contributed by atoms with van der Waals surface area (Å²) in [5.74, 6) is 0. The number of fused-ring (bicyclic) bond motifs is 6. The van der Waals surface area contributed by atoms with Gasteiger partial charge in [0.25, 0.3) is 0 Å². The molecule has 9 aromatic carbocycles. The highest BCUT2D eigenvalue weighted by Gasteiger charge is 2.35. The highest BCUT2D eigenvalue weighted by Crippen LogP contribution is 2.49. The van der Waals surface area contributed by atoms with Gasteiger partial charge in [-0.05, 0) is 112 Å². The van der Waals surface area contributed by atoms with Crippen LogP contribution in [0.15, 0.2) is 218 Å². The fourth-order valence-electron chi connectivity index (χ4n) is 8.85. The number of hydrogen-bond donors (Lipinski definition) is 0. The van der Waals surface area contributed by atoms with Crippen LogP contribution in [-0.2, 0) is 5.41 Å². The smallest absolute Gasteiger partial charge is 0.0547 e. The molecule has 61 heavy (non-hydrogen) atoms. The van der Waals surface area contributed by atoms with Gasteiger partial charge in [-0.1, -0.05) is 213 Å². The molecule has 1 heteroatoms. The molecule has 10 aromatic rings. The molecule has 1 heterocycles. The maximum atomic E-state index is 2.40. The van der Waals surface area contributed by atoms with Gasteiger partial charge in [-0.3, -0.25) is 0 Å². The predicted octanol–water partition coefficient (Wildman–Crippen LogP) is 16.4. The third-order valence-electron chi connectivity index (χ3n) is 12.2. The molecule has 1 nitrogen and oxygen atoms in total. The maximum absolute atomic E-state index is 2.40. The molecular weight excluding hydrogens is 735 g/mol. The number of benzene rings is 9. The molecule has 0 fully saturated rings. The maximum Gasteiger partial charge on any atom is 0.0547 e. The van der Waals surface area contributed by atoms with Crippen LogP contribution < -0.4 is 0 Å². The first-order valence-corrected chi connectivity index (χ1v) is 21.3. The highest BCUT2D eigenvalue weighted by atomic mass is 15.0. The zero-order valence-electron chi connectivity index (χ0n) is 35.7. The van der Waals surface area contributed by atoms with Gasteiger partial charge in [0.2, 0.25) is 0 Å². The topological polar surface area (TPSA) is 4.93 Å². The summed E-state index contributed by atoms with van der Waals surface area (Å²) in [6.07, 6.45) is 0. The van der Waals surface area contributed by atoms with E-state index in [9.17, 15) is 0 Å². The van der Waals surface area contributed by atoms with Crippen molar-refractivity contribution in [3.63, 3.8) is 0 Å². The van der Waals surface area contributed by atoms with Gasteiger partial charge in [0, 0.05) is 21.9 Å². The number of aromatic nitrogens is 1. The van der Waals surface area contributed by atoms with E-state index < -0.39 is 0 Å². The lowest BCUT2D eigenvalue weighted by Crippen LogP contribution is -2.14. The number of aryl methyl sites for hydroxylation is 3. The molecule has 0 atom stereocenters. The van der Waals surface area contributed by atoms with Gasteiger partial charge in [-0.15, -0.1) is 0 Å². The fraction of sp³-hybridized carbons (Fsp3) is 0.100. The third kappa shape index (κ3) is 7.96. The molecule has 1 aliphatic carbocycles. The summed E-state index contributed by atoms with van der Waals surface area (Å²) in [7, 11) is 0. The van der Waals surface area contributed by atoms with E-state index in [2.05, 4.69) is 233 Å². The van der Waals surface area contributed by atoms with Crippen LogP contribution in [0, 0.1) is 20.8 Å². The predicted molar refractivity (Wildman–Crippen MR) is 262 cm³/mol. The van der Waals surface area contributed by atoms with E-state index in [1.807, 2.05) is 24.3 Å². The average molecular weight is 786 g/mol. The molecule has 0 spiro atoms. The highest BCUT2D eigenvalue weighted by molar-refractivity contribution is 6.10. The standard InChI is InChI=1S/C40H31N.C13H12.C7H8/c1-26-9-8-10-31(23-26)41-38-14-7-5-12-34(38)35-22-20-30(25-39(35)41)28-17-15-27(16-18-28)29-19-21-33-32-11-4-6-13-36(32)40(2,3)37(33)24-29;1-11-7-9-13(10-8-11)12-5-3-2-4-6-12;1-7-5-3-2-4-6-7/h4-25H,1-3H3;2-10H,1H3;2-6H,1H3. The summed E-state index contributed by atoms with van der Waals surface area (Å²) in [6, 6.07) is 78.6. The summed E-state index contributed by atoms with van der Waals surface area (Å²) in [4.78, 5) is 0. The lowest BCUT2D eigenvalue weighted by molar-refractivity contribution is 0.660. The Kier molecular flexibility index (Phi) is 10.8. The number of nitrogens with zero attached hydrogens (tertiary/aromatic N) is 1. The summed E-state index contributed by atoms with van der Waals surface area (Å²) in [5, 5.41) is 2.57. The number of para-hydroxylation sites is 1. The third-order valence-corrected chi connectivity index (χ3v) is 12.2. The van der Waals surface area contributed by atoms with Gasteiger partial charge < -0.3 is 4.57 Å². The zero-order valence-corrected chi connectivity index (χ0v) is 35.7. The van der Waals surface area contributed by atoms with Crippen LogP contribution >= 0.6 is 0 Å². The molecule has 0 aliphatic heterocycles. The second-order valence-electron chi connectivity index (χ2n) is 16.8. The Morgan fingerprint density at radius 2 is 0.803 bits per heavy atom. The SMILES string of the molecule is Cc1ccc(-c2ccccc2)cc1.Cc1cccc(-n2c3ccccc3c3ccc(-c4ccc(-c5ccc6c(c5)C(C)(C)c5ccccc5-6)cc4)cc32)c1.Cc1ccccc1. The minimum Gasteiger partial charge on any atom is -0.309 e. The van der Waals surface area contributed by atoms with Gasteiger partial charge in [0.15, 0.2) is 0 Å². The van der Waals surface area contributed by atoms with Crippen molar-refractivity contribution in [2.45, 2.75) is 40.0 Å². The molecule has 0 saturated heterocycles. The van der Waals surface area contributed by atoms with Crippen molar-refractivity contribution >= 4 is 21.8 Å². The van der Waals surface area contributed by atoms with Crippen LogP contribution in [0.5, 0.6) is 0 Å². The Morgan fingerprint density at radius 1 is 0.311 bits per heavy atom. The van der Waals surface area contributed by atoms with E-state index in [0.717, 1.165) is 0 Å². The first kappa shape index (κ1) is 39.3. The van der Waals surface area contributed by atoms with Crippen molar-refractivity contribution in [1.29, 1.82) is 0 Å². The van der Waals surface area contributed by atoms with Crippen LogP contribution in [0.4, 0.5) is 0 Å². The summed E-state index contributed by atoms with van der Waals surface area (Å²) >= 11 is 0. The summed E-state index contributed by atoms with van der Waals surface area (Å²) < 4.78 is 2.40. The Hall–Kier alpha value is -7.22. The molecule has 1 aliphatic rings. The molecule has 0 saturated carbocycles. The lowest BCUT2D eigenvalue weighted by Gasteiger charge is -2.22. The van der Waals surface area contributed by atoms with Crippen molar-refractivity contribution in [2.24, 2.45) is 0 Å². The molecule has 11 rings (SSSR count). The van der Waals surface area contributed by atoms with Crippen LogP contribution in [0.25, 0.3) is 72.0 Å². The fourth-order valence-corrected chi connectivity index (χ4v) is 8.85. The van der Waals surface area contributed by atoms with Crippen LogP contribution in [0.1, 0.15) is 41.7 Å². The van der Waals surface area contributed by atoms with Crippen molar-refractivity contribution in [3.8, 4) is 50.2 Å². The van der Waals surface area contributed by atoms with E-state index in [1.54, 1.807) is 0 Å². The second-order valence-corrected chi connectivity index (χ2v) is 16.8. The van der Waals surface area contributed by atoms with E-state index in [1.165, 1.54) is 99.8 Å². The van der Waals surface area contributed by atoms with E-state index in [0.29, 0.717) is 0 Å². The molecule has 0 radical (unpaired) electrons. The summed E-state index contributed by atoms with van der Waals surface area (Å²) in [5.41, 5.74) is 20.7.